The molecule has 3 aliphatic rings. The fraction of sp³-hybridized carbons (Fsp3) is 0.417. The molecule has 2 amide bonds. The van der Waals surface area contributed by atoms with Gasteiger partial charge in [0.2, 0.25) is 5.88 Å². The zero-order valence-electron chi connectivity index (χ0n) is 19.7. The topological polar surface area (TPSA) is 122 Å². The summed E-state index contributed by atoms with van der Waals surface area (Å²) in [5.41, 5.74) is 6.73. The van der Waals surface area contributed by atoms with Crippen molar-refractivity contribution in [2.24, 2.45) is 0 Å². The Morgan fingerprint density at radius 3 is 2.89 bits per heavy atom. The highest BCUT2D eigenvalue weighted by atomic mass is 32.2. The quantitative estimate of drug-likeness (QED) is 0.506. The zero-order valence-corrected chi connectivity index (χ0v) is 20.5. The van der Waals surface area contributed by atoms with E-state index in [-0.39, 0.29) is 0 Å². The molecule has 0 saturated carbocycles. The largest absolute Gasteiger partial charge is 0.475 e. The van der Waals surface area contributed by atoms with Gasteiger partial charge in [-0.05, 0) is 61.9 Å². The van der Waals surface area contributed by atoms with Crippen LogP contribution in [0.3, 0.4) is 0 Å². The number of hydrogen-bond acceptors (Lipinski definition) is 8. The molecule has 5 rings (SSSR count). The summed E-state index contributed by atoms with van der Waals surface area (Å²) in [7, 11) is -4.05. The highest BCUT2D eigenvalue weighted by Crippen LogP contribution is 2.38. The number of anilines is 1. The number of nitrogens with one attached hydrogen (secondary N) is 3. The van der Waals surface area contributed by atoms with Crippen molar-refractivity contribution in [1.82, 2.24) is 20.1 Å². The Labute approximate surface area is 204 Å². The molecule has 35 heavy (non-hydrogen) atoms. The number of hydrogen-bond donors (Lipinski definition) is 3. The Balaban J connectivity index is 1.51. The third kappa shape index (κ3) is 4.84. The Kier molecular flexibility index (Phi) is 6.16. The molecule has 4 bridgehead atoms. The predicted octanol–water partition coefficient (Wildman–Crippen LogP) is 2.54. The van der Waals surface area contributed by atoms with E-state index in [2.05, 4.69) is 26.5 Å². The van der Waals surface area contributed by atoms with Crippen molar-refractivity contribution in [2.45, 2.75) is 44.0 Å². The second kappa shape index (κ2) is 9.14. The Bertz CT molecular complexity index is 1280. The number of benzene rings is 1. The maximum absolute atomic E-state index is 13.0. The van der Waals surface area contributed by atoms with E-state index in [0.717, 1.165) is 41.5 Å². The van der Waals surface area contributed by atoms with Gasteiger partial charge in [0.15, 0.2) is 5.37 Å². The number of ether oxygens (including phenoxy) is 2. The molecule has 1 atom stereocenters. The predicted molar refractivity (Wildman–Crippen MR) is 131 cm³/mol. The van der Waals surface area contributed by atoms with Gasteiger partial charge in [-0.2, -0.15) is 0 Å². The third-order valence-electron chi connectivity index (χ3n) is 6.40. The first-order valence-electron chi connectivity index (χ1n) is 11.6. The van der Waals surface area contributed by atoms with Crippen LogP contribution in [0.15, 0.2) is 42.7 Å². The van der Waals surface area contributed by atoms with Crippen LogP contribution in [0, 0.1) is 0 Å². The number of carbonyl (C=O) groups is 1. The lowest BCUT2D eigenvalue weighted by Crippen LogP contribution is -2.54. The summed E-state index contributed by atoms with van der Waals surface area (Å²) in [6.45, 7) is 4.81. The molecule has 3 N–H and O–H groups in total. The number of fused-ring (bicyclic) bond motifs is 8. The van der Waals surface area contributed by atoms with Crippen molar-refractivity contribution < 1.29 is 22.7 Å². The number of pyridine rings is 1. The summed E-state index contributed by atoms with van der Waals surface area (Å²) in [5.74, 6) is 0.442. The van der Waals surface area contributed by atoms with E-state index in [1.165, 1.54) is 6.08 Å². The van der Waals surface area contributed by atoms with Crippen molar-refractivity contribution >= 4 is 21.7 Å². The third-order valence-corrected chi connectivity index (χ3v) is 7.80. The van der Waals surface area contributed by atoms with Crippen molar-refractivity contribution in [3.63, 3.8) is 0 Å². The number of aryl methyl sites for hydroxylation is 1. The maximum Gasteiger partial charge on any atom is 0.332 e. The molecule has 10 nitrogen and oxygen atoms in total. The first-order chi connectivity index (χ1) is 16.7. The summed E-state index contributed by atoms with van der Waals surface area (Å²) in [5, 5.41) is 3.40. The number of hydrazine groups is 1. The molecular weight excluding hydrogens is 470 g/mol. The molecule has 1 unspecified atom stereocenters. The standard InChI is InChI=1S/C24H29N5O5S/c1-24(2)15-33-12-13-34-20-14-17(8-10-25-20)19-7-6-16-4-3-5-18(16)22(19)26-23(30)28-35(31,32)21-9-11-29(24)27-21/h6-11,14,21,27H,3-5,12-13,15H2,1-2H3,(H2,26,28,30). The molecule has 2 aliphatic heterocycles. The molecule has 3 heterocycles. The minimum absolute atomic E-state index is 0.310. The van der Waals surface area contributed by atoms with Gasteiger partial charge >= 0.3 is 6.03 Å². The second-order valence-electron chi connectivity index (χ2n) is 9.44. The van der Waals surface area contributed by atoms with E-state index in [0.29, 0.717) is 31.4 Å². The van der Waals surface area contributed by atoms with E-state index >= 15 is 0 Å². The van der Waals surface area contributed by atoms with Gasteiger partial charge in [-0.1, -0.05) is 12.1 Å². The number of urea groups is 1. The van der Waals surface area contributed by atoms with Gasteiger partial charge in [-0.15, -0.1) is 0 Å². The summed E-state index contributed by atoms with van der Waals surface area (Å²) >= 11 is 0. The van der Waals surface area contributed by atoms with Gasteiger partial charge in [-0.25, -0.2) is 28.3 Å². The van der Waals surface area contributed by atoms with Crippen molar-refractivity contribution in [3.05, 3.63) is 53.9 Å². The minimum Gasteiger partial charge on any atom is -0.475 e. The van der Waals surface area contributed by atoms with Crippen molar-refractivity contribution in [1.29, 1.82) is 0 Å². The Hall–Kier alpha value is -3.15. The van der Waals surface area contributed by atoms with E-state index in [9.17, 15) is 13.2 Å². The SMILES string of the molecule is CC1(C)COCCOc2cc(ccn2)-c2ccc3c(c2NC(=O)NS(=O)(=O)C2C=CN1N2)CCC3. The molecular formula is C24H29N5O5S. The fourth-order valence-electron chi connectivity index (χ4n) is 4.57. The number of aromatic nitrogens is 1. The minimum atomic E-state index is -4.05. The van der Waals surface area contributed by atoms with Crippen molar-refractivity contribution in [2.75, 3.05) is 25.1 Å². The smallest absolute Gasteiger partial charge is 0.332 e. The summed E-state index contributed by atoms with van der Waals surface area (Å²) in [6, 6.07) is 6.83. The Morgan fingerprint density at radius 2 is 2.03 bits per heavy atom. The second-order valence-corrected chi connectivity index (χ2v) is 11.2. The molecule has 186 valence electrons. The van der Waals surface area contributed by atoms with Crippen LogP contribution in [-0.4, -0.2) is 55.2 Å². The van der Waals surface area contributed by atoms with Gasteiger partial charge in [0.25, 0.3) is 10.0 Å². The average molecular weight is 500 g/mol. The maximum atomic E-state index is 13.0. The molecule has 0 saturated heterocycles. The number of rotatable bonds is 0. The van der Waals surface area contributed by atoms with Crippen LogP contribution in [0.1, 0.15) is 31.4 Å². The lowest BCUT2D eigenvalue weighted by atomic mass is 9.98. The first-order valence-corrected chi connectivity index (χ1v) is 13.2. The first kappa shape index (κ1) is 23.6. The van der Waals surface area contributed by atoms with Gasteiger partial charge in [-0.3, -0.25) is 0 Å². The summed E-state index contributed by atoms with van der Waals surface area (Å²) in [4.78, 5) is 17.3. The van der Waals surface area contributed by atoms with Crippen LogP contribution in [-0.2, 0) is 27.6 Å². The van der Waals surface area contributed by atoms with Crippen molar-refractivity contribution in [3.8, 4) is 17.0 Å². The van der Waals surface area contributed by atoms with Gasteiger partial charge in [0.05, 0.1) is 24.4 Å². The van der Waals surface area contributed by atoms with Gasteiger partial charge < -0.3 is 19.8 Å². The highest BCUT2D eigenvalue weighted by molar-refractivity contribution is 7.90. The molecule has 2 aromatic rings. The van der Waals surface area contributed by atoms with Crippen LogP contribution in [0.2, 0.25) is 0 Å². The molecule has 0 spiro atoms. The van der Waals surface area contributed by atoms with Crippen LogP contribution >= 0.6 is 0 Å². The molecule has 1 aliphatic carbocycles. The molecule has 1 aromatic carbocycles. The summed E-state index contributed by atoms with van der Waals surface area (Å²) in [6.07, 6.45) is 7.48. The number of amides is 2. The normalized spacial score (nSPS) is 23.2. The highest BCUT2D eigenvalue weighted by Gasteiger charge is 2.36. The number of carbonyl (C=O) groups excluding carboxylic acids is 1. The van der Waals surface area contributed by atoms with E-state index in [4.69, 9.17) is 9.47 Å². The van der Waals surface area contributed by atoms with E-state index in [1.807, 2.05) is 32.0 Å². The number of sulfonamides is 1. The van der Waals surface area contributed by atoms with Gasteiger partial charge in [0, 0.05) is 24.0 Å². The van der Waals surface area contributed by atoms with Crippen LogP contribution in [0.25, 0.3) is 11.1 Å². The van der Waals surface area contributed by atoms with Crippen LogP contribution in [0.4, 0.5) is 10.5 Å². The zero-order chi connectivity index (χ0) is 24.6. The fourth-order valence-corrected chi connectivity index (χ4v) is 5.54. The monoisotopic (exact) mass is 499 g/mol. The average Bonchev–Trinajstić information content (AvgIpc) is 3.49. The lowest BCUT2D eigenvalue weighted by molar-refractivity contribution is 0.00702. The van der Waals surface area contributed by atoms with Gasteiger partial charge in [0.1, 0.15) is 6.61 Å². The van der Waals surface area contributed by atoms with E-state index in [1.54, 1.807) is 17.4 Å². The van der Waals surface area contributed by atoms with E-state index < -0.39 is 27.0 Å². The molecule has 1 aromatic heterocycles. The van der Waals surface area contributed by atoms with Crippen LogP contribution < -0.4 is 20.2 Å². The molecule has 11 heteroatoms. The Morgan fingerprint density at radius 1 is 1.17 bits per heavy atom. The molecule has 0 fully saturated rings. The lowest BCUT2D eigenvalue weighted by Gasteiger charge is -2.36. The molecule has 0 radical (unpaired) electrons. The van der Waals surface area contributed by atoms with Crippen LogP contribution in [0.5, 0.6) is 5.88 Å². The number of nitrogens with zero attached hydrogens (tertiary/aromatic N) is 2. The summed E-state index contributed by atoms with van der Waals surface area (Å²) < 4.78 is 39.8.